The van der Waals surface area contributed by atoms with E-state index < -0.39 is 12.2 Å². The molecule has 4 aromatic carbocycles. The predicted molar refractivity (Wildman–Crippen MR) is 184 cm³/mol. The Morgan fingerprint density at radius 2 is 0.727 bits per heavy atom. The van der Waals surface area contributed by atoms with Crippen LogP contribution >= 0.6 is 46.4 Å². The van der Waals surface area contributed by atoms with Gasteiger partial charge in [0.2, 0.25) is 0 Å². The number of aliphatic hydroxyl groups excluding tert-OH is 2. The number of benzene rings is 4. The molecule has 2 unspecified atom stereocenters. The molecule has 0 radical (unpaired) electrons. The second-order valence-electron chi connectivity index (χ2n) is 11.8. The van der Waals surface area contributed by atoms with E-state index in [-0.39, 0.29) is 0 Å². The number of hydrogen-bond donors (Lipinski definition) is 2. The Labute approximate surface area is 275 Å². The van der Waals surface area contributed by atoms with E-state index in [1.807, 2.05) is 72.8 Å². The zero-order valence-corrected chi connectivity index (χ0v) is 27.0. The molecular formula is C34H32Cl4N4O2. The molecule has 0 aliphatic carbocycles. The van der Waals surface area contributed by atoms with Gasteiger partial charge in [0, 0.05) is 103 Å². The smallest absolute Gasteiger partial charge is 0.0845 e. The van der Waals surface area contributed by atoms with Crippen LogP contribution in [0.25, 0.3) is 43.6 Å². The molecule has 2 N–H and O–H groups in total. The highest BCUT2D eigenvalue weighted by Gasteiger charge is 2.23. The van der Waals surface area contributed by atoms with E-state index in [0.29, 0.717) is 46.3 Å². The highest BCUT2D eigenvalue weighted by Crippen LogP contribution is 2.34. The van der Waals surface area contributed by atoms with E-state index in [2.05, 4.69) is 18.9 Å². The number of halogens is 4. The first-order valence-corrected chi connectivity index (χ1v) is 16.3. The number of piperazine rings is 1. The topological polar surface area (TPSA) is 56.8 Å². The van der Waals surface area contributed by atoms with Gasteiger partial charge in [0.05, 0.1) is 25.3 Å². The van der Waals surface area contributed by atoms with Gasteiger partial charge in [-0.05, 0) is 72.8 Å². The van der Waals surface area contributed by atoms with Gasteiger partial charge in [-0.2, -0.15) is 0 Å². The number of rotatable bonds is 8. The fourth-order valence-corrected chi connectivity index (χ4v) is 7.47. The quantitative estimate of drug-likeness (QED) is 0.176. The van der Waals surface area contributed by atoms with Crippen LogP contribution in [0.4, 0.5) is 0 Å². The zero-order chi connectivity index (χ0) is 30.5. The maximum absolute atomic E-state index is 11.2. The summed E-state index contributed by atoms with van der Waals surface area (Å²) in [4.78, 5) is 4.60. The molecule has 0 saturated carbocycles. The Balaban J connectivity index is 0.983. The fourth-order valence-electron chi connectivity index (χ4n) is 6.78. The Kier molecular flexibility index (Phi) is 8.46. The van der Waals surface area contributed by atoms with E-state index in [4.69, 9.17) is 46.4 Å². The standard InChI is InChI=1S/C34H32Cl4N4O2/c35-21-1-5-31-27(13-21)28-14-22(36)2-6-32(28)41(31)19-25(43)17-39-9-11-40(12-10-39)18-26(44)20-42-33-7-3-23(37)15-29(33)30-16-24(38)4-8-34(30)42/h1-8,13-16,25-26,43-44H,9-12,17-20H2. The second kappa shape index (κ2) is 12.3. The molecule has 3 heterocycles. The minimum atomic E-state index is -0.547. The van der Waals surface area contributed by atoms with E-state index in [1.54, 1.807) is 0 Å². The lowest BCUT2D eigenvalue weighted by atomic mass is 10.1. The Hall–Kier alpha value is -2.52. The molecule has 1 saturated heterocycles. The summed E-state index contributed by atoms with van der Waals surface area (Å²) < 4.78 is 4.32. The lowest BCUT2D eigenvalue weighted by molar-refractivity contribution is 0.0415. The van der Waals surface area contributed by atoms with Crippen LogP contribution in [0.2, 0.25) is 20.1 Å². The fraction of sp³-hybridized carbons (Fsp3) is 0.294. The Morgan fingerprint density at radius 3 is 1.00 bits per heavy atom. The summed E-state index contributed by atoms with van der Waals surface area (Å²) in [5.41, 5.74) is 4.11. The Morgan fingerprint density at radius 1 is 0.455 bits per heavy atom. The summed E-state index contributed by atoms with van der Waals surface area (Å²) in [6, 6.07) is 23.4. The average Bonchev–Trinajstić information content (AvgIpc) is 3.44. The second-order valence-corrected chi connectivity index (χ2v) is 13.5. The van der Waals surface area contributed by atoms with Crippen molar-refractivity contribution in [3.8, 4) is 0 Å². The van der Waals surface area contributed by atoms with Crippen molar-refractivity contribution in [2.75, 3.05) is 39.3 Å². The minimum absolute atomic E-state index is 0.470. The monoisotopic (exact) mass is 668 g/mol. The van der Waals surface area contributed by atoms with Crippen molar-refractivity contribution in [2.45, 2.75) is 25.3 Å². The van der Waals surface area contributed by atoms with Crippen LogP contribution in [0.5, 0.6) is 0 Å². The SMILES string of the molecule is OC(CN1CCN(CC(O)Cn2c3ccc(Cl)cc3c3cc(Cl)ccc32)CC1)Cn1c2ccc(Cl)cc2c2cc(Cl)ccc21. The van der Waals surface area contributed by atoms with Crippen LogP contribution < -0.4 is 0 Å². The molecule has 1 aliphatic rings. The van der Waals surface area contributed by atoms with Crippen molar-refractivity contribution < 1.29 is 10.2 Å². The largest absolute Gasteiger partial charge is 0.390 e. The van der Waals surface area contributed by atoms with Gasteiger partial charge in [0.15, 0.2) is 0 Å². The van der Waals surface area contributed by atoms with Gasteiger partial charge in [-0.15, -0.1) is 0 Å². The van der Waals surface area contributed by atoms with Crippen molar-refractivity contribution >= 4 is 90.0 Å². The third kappa shape index (κ3) is 5.91. The Bertz CT molecular complexity index is 1730. The van der Waals surface area contributed by atoms with Crippen molar-refractivity contribution in [1.82, 2.24) is 18.9 Å². The van der Waals surface area contributed by atoms with Gasteiger partial charge in [-0.3, -0.25) is 9.80 Å². The summed E-state index contributed by atoms with van der Waals surface area (Å²) in [6.45, 7) is 5.40. The van der Waals surface area contributed by atoms with Gasteiger partial charge < -0.3 is 19.3 Å². The number of β-amino-alcohol motifs (C(OH)–C–C–N with tert-alkyl or cyclic N) is 2. The maximum Gasteiger partial charge on any atom is 0.0845 e. The molecule has 1 fully saturated rings. The summed E-state index contributed by atoms with van der Waals surface area (Å²) >= 11 is 25.2. The first-order chi connectivity index (χ1) is 21.2. The predicted octanol–water partition coefficient (Wildman–Crippen LogP) is 7.56. The van der Waals surface area contributed by atoms with E-state index in [0.717, 1.165) is 69.8 Å². The molecule has 228 valence electrons. The summed E-state index contributed by atoms with van der Waals surface area (Å²) in [7, 11) is 0. The molecule has 2 atom stereocenters. The first-order valence-electron chi connectivity index (χ1n) is 14.8. The average molecular weight is 670 g/mol. The lowest BCUT2D eigenvalue weighted by Crippen LogP contribution is -2.50. The zero-order valence-electron chi connectivity index (χ0n) is 23.9. The molecule has 7 rings (SSSR count). The molecular weight excluding hydrogens is 638 g/mol. The molecule has 6 nitrogen and oxygen atoms in total. The van der Waals surface area contributed by atoms with E-state index in [1.165, 1.54) is 0 Å². The molecule has 10 heteroatoms. The molecule has 0 bridgehead atoms. The number of hydrogen-bond acceptors (Lipinski definition) is 4. The van der Waals surface area contributed by atoms with E-state index in [9.17, 15) is 10.2 Å². The van der Waals surface area contributed by atoms with Crippen molar-refractivity contribution in [3.63, 3.8) is 0 Å². The lowest BCUT2D eigenvalue weighted by Gasteiger charge is -2.36. The summed E-state index contributed by atoms with van der Waals surface area (Å²) in [5, 5.41) is 29.2. The molecule has 6 aromatic rings. The highest BCUT2D eigenvalue weighted by atomic mass is 35.5. The molecule has 44 heavy (non-hydrogen) atoms. The van der Waals surface area contributed by atoms with Gasteiger partial charge in [0.1, 0.15) is 0 Å². The van der Waals surface area contributed by atoms with Crippen LogP contribution in [0, 0.1) is 0 Å². The third-order valence-electron chi connectivity index (χ3n) is 8.77. The number of aliphatic hydroxyl groups is 2. The number of fused-ring (bicyclic) bond motifs is 6. The normalized spacial score (nSPS) is 16.5. The molecule has 1 aliphatic heterocycles. The van der Waals surface area contributed by atoms with E-state index >= 15 is 0 Å². The summed E-state index contributed by atoms with van der Waals surface area (Å²) in [5.74, 6) is 0. The minimum Gasteiger partial charge on any atom is -0.390 e. The van der Waals surface area contributed by atoms with Crippen LogP contribution in [0.15, 0.2) is 72.8 Å². The van der Waals surface area contributed by atoms with Crippen molar-refractivity contribution in [3.05, 3.63) is 92.9 Å². The molecule has 2 aromatic heterocycles. The van der Waals surface area contributed by atoms with Gasteiger partial charge >= 0.3 is 0 Å². The molecule has 0 spiro atoms. The molecule has 0 amide bonds. The van der Waals surface area contributed by atoms with Crippen LogP contribution in [-0.2, 0) is 13.1 Å². The number of aromatic nitrogens is 2. The van der Waals surface area contributed by atoms with Crippen LogP contribution in [0.1, 0.15) is 0 Å². The summed E-state index contributed by atoms with van der Waals surface area (Å²) in [6.07, 6.45) is -1.09. The van der Waals surface area contributed by atoms with Gasteiger partial charge in [-0.1, -0.05) is 46.4 Å². The number of nitrogens with zero attached hydrogens (tertiary/aromatic N) is 4. The highest BCUT2D eigenvalue weighted by molar-refractivity contribution is 6.34. The van der Waals surface area contributed by atoms with Gasteiger partial charge in [0.25, 0.3) is 0 Å². The van der Waals surface area contributed by atoms with Crippen molar-refractivity contribution in [1.29, 1.82) is 0 Å². The maximum atomic E-state index is 11.2. The van der Waals surface area contributed by atoms with Crippen LogP contribution in [0.3, 0.4) is 0 Å². The van der Waals surface area contributed by atoms with Crippen LogP contribution in [-0.4, -0.2) is 80.6 Å². The van der Waals surface area contributed by atoms with Gasteiger partial charge in [-0.25, -0.2) is 0 Å². The van der Waals surface area contributed by atoms with Crippen molar-refractivity contribution in [2.24, 2.45) is 0 Å². The third-order valence-corrected chi connectivity index (χ3v) is 9.71. The first kappa shape index (κ1) is 30.2.